The molecule has 1 atom stereocenters. The van der Waals surface area contributed by atoms with Crippen molar-refractivity contribution in [2.75, 3.05) is 11.1 Å². The Balaban J connectivity index is 1.50. The van der Waals surface area contributed by atoms with E-state index in [9.17, 15) is 4.79 Å². The van der Waals surface area contributed by atoms with Crippen LogP contribution in [0, 0.1) is 5.92 Å². The molecule has 1 amide bonds. The van der Waals surface area contributed by atoms with Gasteiger partial charge < -0.3 is 5.32 Å². The van der Waals surface area contributed by atoms with Crippen LogP contribution in [-0.2, 0) is 24.2 Å². The molecule has 0 spiro atoms. The van der Waals surface area contributed by atoms with Crippen molar-refractivity contribution in [1.82, 2.24) is 14.8 Å². The minimum absolute atomic E-state index is 0.167. The van der Waals surface area contributed by atoms with E-state index in [-0.39, 0.29) is 11.7 Å². The van der Waals surface area contributed by atoms with Gasteiger partial charge in [0.2, 0.25) is 5.91 Å². The minimum atomic E-state index is -0.167. The number of halogens is 2. The van der Waals surface area contributed by atoms with Crippen molar-refractivity contribution in [3.05, 3.63) is 56.7 Å². The lowest BCUT2D eigenvalue weighted by Crippen LogP contribution is -2.14. The maximum atomic E-state index is 12.4. The van der Waals surface area contributed by atoms with Crippen LogP contribution in [0.3, 0.4) is 0 Å². The van der Waals surface area contributed by atoms with Gasteiger partial charge in [-0.05, 0) is 48.9 Å². The molecule has 1 aliphatic carbocycles. The molecule has 0 radical (unpaired) electrons. The van der Waals surface area contributed by atoms with Gasteiger partial charge in [-0.3, -0.25) is 9.36 Å². The van der Waals surface area contributed by atoms with Gasteiger partial charge in [0.25, 0.3) is 0 Å². The van der Waals surface area contributed by atoms with Gasteiger partial charge in [0.05, 0.1) is 5.75 Å². The lowest BCUT2D eigenvalue weighted by Gasteiger charge is -2.19. The highest BCUT2D eigenvalue weighted by Crippen LogP contribution is 2.38. The van der Waals surface area contributed by atoms with E-state index in [1.807, 2.05) is 22.0 Å². The van der Waals surface area contributed by atoms with Crippen LogP contribution in [0.1, 0.15) is 23.8 Å². The van der Waals surface area contributed by atoms with Gasteiger partial charge in [-0.2, -0.15) is 0 Å². The van der Waals surface area contributed by atoms with E-state index in [1.165, 1.54) is 28.6 Å². The van der Waals surface area contributed by atoms with Gasteiger partial charge in [-0.1, -0.05) is 48.0 Å². The van der Waals surface area contributed by atoms with Crippen molar-refractivity contribution in [3.63, 3.8) is 0 Å². The van der Waals surface area contributed by atoms with E-state index >= 15 is 0 Å². The van der Waals surface area contributed by atoms with Crippen molar-refractivity contribution in [3.8, 4) is 11.4 Å². The average molecular weight is 493 g/mol. The van der Waals surface area contributed by atoms with Crippen molar-refractivity contribution in [1.29, 1.82) is 0 Å². The van der Waals surface area contributed by atoms with Gasteiger partial charge in [0.15, 0.2) is 11.0 Å². The summed E-state index contributed by atoms with van der Waals surface area (Å²) in [5.41, 5.74) is 3.12. The van der Waals surface area contributed by atoms with Crippen LogP contribution < -0.4 is 5.32 Å². The molecule has 1 unspecified atom stereocenters. The number of nitrogens with one attached hydrogen (secondary N) is 1. The van der Waals surface area contributed by atoms with Gasteiger partial charge in [-0.15, -0.1) is 28.1 Å². The molecule has 2 aromatic heterocycles. The molecule has 0 bridgehead atoms. The number of amides is 1. The van der Waals surface area contributed by atoms with Crippen LogP contribution in [0.15, 0.2) is 41.4 Å². The molecule has 9 heteroatoms. The minimum Gasteiger partial charge on any atom is -0.325 e. The first kappa shape index (κ1) is 22.4. The summed E-state index contributed by atoms with van der Waals surface area (Å²) in [6.45, 7) is 6.76. The first-order valence-electron chi connectivity index (χ1n) is 9.97. The number of hydrogen-bond acceptors (Lipinski definition) is 5. The Hall–Kier alpha value is -1.80. The predicted octanol–water partition coefficient (Wildman–Crippen LogP) is 6.36. The highest BCUT2D eigenvalue weighted by Gasteiger charge is 2.24. The molecule has 0 saturated heterocycles. The average Bonchev–Trinajstić information content (AvgIpc) is 3.29. The maximum absolute atomic E-state index is 12.4. The number of thiophene rings is 1. The summed E-state index contributed by atoms with van der Waals surface area (Å²) < 4.78 is 2.03. The first-order chi connectivity index (χ1) is 14.9. The van der Waals surface area contributed by atoms with Gasteiger partial charge in [0, 0.05) is 38.1 Å². The van der Waals surface area contributed by atoms with Crippen molar-refractivity contribution in [2.24, 2.45) is 5.92 Å². The number of thioether (sulfide) groups is 1. The first-order valence-corrected chi connectivity index (χ1v) is 12.6. The van der Waals surface area contributed by atoms with Crippen LogP contribution in [0.25, 0.3) is 11.4 Å². The fourth-order valence-electron chi connectivity index (χ4n) is 3.71. The topological polar surface area (TPSA) is 59.8 Å². The Kier molecular flexibility index (Phi) is 7.06. The van der Waals surface area contributed by atoms with Crippen molar-refractivity contribution < 1.29 is 4.79 Å². The number of anilines is 1. The molecule has 0 fully saturated rings. The third-order valence-corrected chi connectivity index (χ3v) is 7.60. The van der Waals surface area contributed by atoms with Crippen molar-refractivity contribution in [2.45, 2.75) is 37.9 Å². The van der Waals surface area contributed by atoms with Gasteiger partial charge in [0.1, 0.15) is 0 Å². The SMILES string of the molecule is C=CCn1c(SCC(=O)Nc2cc(Cl)cc(Cl)c2)nnc1-c1csc2c1CCC(C)C2. The third kappa shape index (κ3) is 5.17. The van der Waals surface area contributed by atoms with Crippen LogP contribution in [0.5, 0.6) is 0 Å². The smallest absolute Gasteiger partial charge is 0.234 e. The van der Waals surface area contributed by atoms with E-state index in [4.69, 9.17) is 23.2 Å². The zero-order valence-corrected chi connectivity index (χ0v) is 20.2. The molecular weight excluding hydrogens is 471 g/mol. The zero-order valence-electron chi connectivity index (χ0n) is 17.0. The fourth-order valence-corrected chi connectivity index (χ4v) is 6.22. The molecule has 31 heavy (non-hydrogen) atoms. The van der Waals surface area contributed by atoms with E-state index in [0.29, 0.717) is 27.4 Å². The highest BCUT2D eigenvalue weighted by atomic mass is 35.5. The normalized spacial score (nSPS) is 15.5. The summed E-state index contributed by atoms with van der Waals surface area (Å²) in [7, 11) is 0. The summed E-state index contributed by atoms with van der Waals surface area (Å²) in [5.74, 6) is 1.60. The third-order valence-electron chi connectivity index (χ3n) is 5.15. The summed E-state index contributed by atoms with van der Waals surface area (Å²) in [5, 5.41) is 15.5. The van der Waals surface area contributed by atoms with Gasteiger partial charge in [-0.25, -0.2) is 0 Å². The van der Waals surface area contributed by atoms with Crippen molar-refractivity contribution >= 4 is 57.9 Å². The van der Waals surface area contributed by atoms with Crippen LogP contribution in [0.2, 0.25) is 10.0 Å². The number of allylic oxidation sites excluding steroid dienone is 1. The van der Waals surface area contributed by atoms with Gasteiger partial charge >= 0.3 is 0 Å². The van der Waals surface area contributed by atoms with E-state index in [1.54, 1.807) is 18.2 Å². The molecule has 0 aliphatic heterocycles. The number of rotatable bonds is 7. The molecule has 162 valence electrons. The molecule has 2 heterocycles. The lowest BCUT2D eigenvalue weighted by atomic mass is 9.88. The fraction of sp³-hybridized carbons (Fsp3) is 0.318. The quantitative estimate of drug-likeness (QED) is 0.308. The lowest BCUT2D eigenvalue weighted by molar-refractivity contribution is -0.113. The Morgan fingerprint density at radius 3 is 2.87 bits per heavy atom. The van der Waals surface area contributed by atoms with Crippen LogP contribution in [0.4, 0.5) is 5.69 Å². The number of aromatic nitrogens is 3. The second kappa shape index (κ2) is 9.77. The molecule has 0 saturated carbocycles. The number of hydrogen-bond donors (Lipinski definition) is 1. The predicted molar refractivity (Wildman–Crippen MR) is 131 cm³/mol. The second-order valence-corrected chi connectivity index (χ2v) is 10.4. The molecule has 1 N–H and O–H groups in total. The number of carbonyl (C=O) groups excluding carboxylic acids is 1. The number of nitrogens with zero attached hydrogens (tertiary/aromatic N) is 3. The largest absolute Gasteiger partial charge is 0.325 e. The molecule has 4 rings (SSSR count). The van der Waals surface area contributed by atoms with E-state index in [0.717, 1.165) is 30.1 Å². The molecule has 1 aromatic carbocycles. The zero-order chi connectivity index (χ0) is 22.0. The number of benzene rings is 1. The maximum Gasteiger partial charge on any atom is 0.234 e. The van der Waals surface area contributed by atoms with Crippen LogP contribution in [-0.4, -0.2) is 26.4 Å². The Morgan fingerprint density at radius 2 is 2.13 bits per heavy atom. The number of fused-ring (bicyclic) bond motifs is 1. The molecular formula is C22H22Cl2N4OS2. The summed E-state index contributed by atoms with van der Waals surface area (Å²) in [6, 6.07) is 4.94. The molecule has 3 aromatic rings. The Labute approximate surface area is 199 Å². The molecule has 1 aliphatic rings. The Morgan fingerprint density at radius 1 is 1.35 bits per heavy atom. The Bertz CT molecular complexity index is 1100. The van der Waals surface area contributed by atoms with E-state index < -0.39 is 0 Å². The molecule has 5 nitrogen and oxygen atoms in total. The monoisotopic (exact) mass is 492 g/mol. The highest BCUT2D eigenvalue weighted by molar-refractivity contribution is 7.99. The summed E-state index contributed by atoms with van der Waals surface area (Å²) >= 11 is 15.2. The standard InChI is InChI=1S/C22H22Cl2N4OS2/c1-3-6-28-21(18-11-30-19-7-13(2)4-5-17(18)19)26-27-22(28)31-12-20(29)25-16-9-14(23)8-15(24)10-16/h3,8-11,13H,1,4-7,12H2,2H3,(H,25,29). The number of carbonyl (C=O) groups is 1. The van der Waals surface area contributed by atoms with Crippen LogP contribution >= 0.6 is 46.3 Å². The summed E-state index contributed by atoms with van der Waals surface area (Å²) in [4.78, 5) is 13.9. The second-order valence-electron chi connectivity index (χ2n) is 7.60. The summed E-state index contributed by atoms with van der Waals surface area (Å²) in [6.07, 6.45) is 5.22. The van der Waals surface area contributed by atoms with E-state index in [2.05, 4.69) is 34.4 Å².